The second-order valence-electron chi connectivity index (χ2n) is 8.10. The molecule has 3 heteroatoms. The van der Waals surface area contributed by atoms with Crippen molar-refractivity contribution in [3.05, 3.63) is 138 Å². The molecule has 2 atom stereocenters. The van der Waals surface area contributed by atoms with Crippen LogP contribution in [0.25, 0.3) is 5.76 Å². The average Bonchev–Trinajstić information content (AvgIpc) is 3.23. The zero-order valence-electron chi connectivity index (χ0n) is 18.0. The van der Waals surface area contributed by atoms with Crippen LogP contribution in [-0.2, 0) is 9.30 Å². The zero-order valence-corrected chi connectivity index (χ0v) is 18.9. The second kappa shape index (κ2) is 8.65. The highest BCUT2D eigenvalue weighted by Gasteiger charge is 2.46. The summed E-state index contributed by atoms with van der Waals surface area (Å²) >= 11 is 0. The van der Waals surface area contributed by atoms with Crippen molar-refractivity contribution in [3.8, 4) is 0 Å². The van der Waals surface area contributed by atoms with Crippen LogP contribution in [0, 0.1) is 5.92 Å². The summed E-state index contributed by atoms with van der Waals surface area (Å²) < 4.78 is 21.9. The quantitative estimate of drug-likeness (QED) is 0.323. The molecule has 4 aromatic carbocycles. The highest BCUT2D eigenvalue weighted by Crippen LogP contribution is 2.63. The molecule has 2 nitrogen and oxygen atoms in total. The number of rotatable bonds is 5. The SMILES string of the molecule is C[C@@H]1C(P(=O)(c2ccccc2)c2ccccc2)=C(c2ccccc2)O[C@@H]1c1ccccc1. The van der Waals surface area contributed by atoms with Gasteiger partial charge in [-0.2, -0.15) is 0 Å². The molecule has 0 unspecified atom stereocenters. The Bertz CT molecular complexity index is 1220. The molecule has 1 aliphatic rings. The van der Waals surface area contributed by atoms with Crippen molar-refractivity contribution in [2.45, 2.75) is 13.0 Å². The fraction of sp³-hybridized carbons (Fsp3) is 0.103. The van der Waals surface area contributed by atoms with E-state index in [9.17, 15) is 0 Å². The molecular formula is C29H25O2P. The van der Waals surface area contributed by atoms with Gasteiger partial charge in [0.15, 0.2) is 7.14 Å². The molecule has 1 heterocycles. The van der Waals surface area contributed by atoms with Gasteiger partial charge in [-0.15, -0.1) is 0 Å². The lowest BCUT2D eigenvalue weighted by molar-refractivity contribution is 0.160. The fourth-order valence-corrected chi connectivity index (χ4v) is 7.79. The van der Waals surface area contributed by atoms with Crippen LogP contribution in [0.2, 0.25) is 0 Å². The molecule has 0 N–H and O–H groups in total. The van der Waals surface area contributed by atoms with Crippen molar-refractivity contribution in [3.63, 3.8) is 0 Å². The number of ether oxygens (including phenoxy) is 1. The topological polar surface area (TPSA) is 26.3 Å². The largest absolute Gasteiger partial charge is 0.484 e. The molecule has 0 aliphatic carbocycles. The minimum absolute atomic E-state index is 0.0566. The van der Waals surface area contributed by atoms with E-state index >= 15 is 4.57 Å². The molecule has 0 radical (unpaired) electrons. The van der Waals surface area contributed by atoms with Gasteiger partial charge in [0.05, 0.1) is 0 Å². The third-order valence-corrected chi connectivity index (χ3v) is 9.45. The highest BCUT2D eigenvalue weighted by molar-refractivity contribution is 7.82. The molecule has 0 saturated heterocycles. The summed E-state index contributed by atoms with van der Waals surface area (Å²) in [5, 5.41) is 2.55. The van der Waals surface area contributed by atoms with Crippen molar-refractivity contribution in [1.29, 1.82) is 0 Å². The van der Waals surface area contributed by atoms with Crippen LogP contribution in [0.3, 0.4) is 0 Å². The Hall–Kier alpha value is -3.35. The Morgan fingerprint density at radius 3 is 1.56 bits per heavy atom. The van der Waals surface area contributed by atoms with E-state index in [4.69, 9.17) is 4.74 Å². The molecule has 0 fully saturated rings. The first kappa shape index (κ1) is 20.5. The van der Waals surface area contributed by atoms with Gasteiger partial charge in [-0.25, -0.2) is 0 Å². The smallest absolute Gasteiger partial charge is 0.171 e. The Morgan fingerprint density at radius 2 is 1.06 bits per heavy atom. The van der Waals surface area contributed by atoms with E-state index in [1.165, 1.54) is 0 Å². The van der Waals surface area contributed by atoms with Crippen LogP contribution >= 0.6 is 7.14 Å². The van der Waals surface area contributed by atoms with E-state index < -0.39 is 7.14 Å². The third-order valence-electron chi connectivity index (χ3n) is 6.11. The van der Waals surface area contributed by atoms with Crippen LogP contribution in [0.5, 0.6) is 0 Å². The van der Waals surface area contributed by atoms with Gasteiger partial charge in [0.1, 0.15) is 11.9 Å². The van der Waals surface area contributed by atoms with Crippen LogP contribution in [-0.4, -0.2) is 0 Å². The lowest BCUT2D eigenvalue weighted by Crippen LogP contribution is -2.20. The van der Waals surface area contributed by atoms with Gasteiger partial charge in [-0.05, 0) is 5.56 Å². The normalized spacial score (nSPS) is 18.4. The van der Waals surface area contributed by atoms with Crippen LogP contribution in [0.15, 0.2) is 127 Å². The molecule has 32 heavy (non-hydrogen) atoms. The van der Waals surface area contributed by atoms with Gasteiger partial charge in [-0.1, -0.05) is 128 Å². The van der Waals surface area contributed by atoms with Gasteiger partial charge in [-0.3, -0.25) is 0 Å². The van der Waals surface area contributed by atoms with Crippen molar-refractivity contribution in [2.75, 3.05) is 0 Å². The maximum Gasteiger partial charge on any atom is 0.171 e. The predicted octanol–water partition coefficient (Wildman–Crippen LogP) is 6.78. The average molecular weight is 436 g/mol. The lowest BCUT2D eigenvalue weighted by atomic mass is 9.98. The van der Waals surface area contributed by atoms with E-state index in [1.54, 1.807) is 0 Å². The molecule has 0 saturated carbocycles. The molecule has 5 rings (SSSR count). The molecule has 0 spiro atoms. The second-order valence-corrected chi connectivity index (χ2v) is 10.8. The molecule has 4 aromatic rings. The molecule has 0 amide bonds. The summed E-state index contributed by atoms with van der Waals surface area (Å²) in [6.07, 6.45) is -0.192. The molecule has 158 valence electrons. The van der Waals surface area contributed by atoms with E-state index in [2.05, 4.69) is 19.1 Å². The predicted molar refractivity (Wildman–Crippen MR) is 133 cm³/mol. The van der Waals surface area contributed by atoms with Gasteiger partial charge in [0, 0.05) is 27.4 Å². The fourth-order valence-electron chi connectivity index (χ4n) is 4.58. The number of benzene rings is 4. The molecule has 0 aromatic heterocycles. The highest BCUT2D eigenvalue weighted by atomic mass is 31.2. The molecular weight excluding hydrogens is 411 g/mol. The third kappa shape index (κ3) is 3.51. The molecule has 1 aliphatic heterocycles. The van der Waals surface area contributed by atoms with Crippen LogP contribution in [0.4, 0.5) is 0 Å². The van der Waals surface area contributed by atoms with Crippen LogP contribution < -0.4 is 10.6 Å². The number of hydrogen-bond acceptors (Lipinski definition) is 2. The van der Waals surface area contributed by atoms with Gasteiger partial charge in [0.2, 0.25) is 0 Å². The minimum atomic E-state index is -3.15. The summed E-state index contributed by atoms with van der Waals surface area (Å²) in [5.41, 5.74) is 2.05. The Balaban J connectivity index is 1.78. The maximum absolute atomic E-state index is 15.3. The summed E-state index contributed by atoms with van der Waals surface area (Å²) in [6.45, 7) is 2.14. The monoisotopic (exact) mass is 436 g/mol. The van der Waals surface area contributed by atoms with E-state index in [0.29, 0.717) is 0 Å². The summed E-state index contributed by atoms with van der Waals surface area (Å²) in [6, 6.07) is 40.0. The van der Waals surface area contributed by atoms with Gasteiger partial charge >= 0.3 is 0 Å². The van der Waals surface area contributed by atoms with E-state index in [0.717, 1.165) is 32.8 Å². The Kier molecular flexibility index (Phi) is 5.55. The Labute approximate surface area is 189 Å². The standard InChI is InChI=1S/C29H25O2P/c1-22-27(23-14-6-2-7-15-23)31-28(24-16-8-3-9-17-24)29(22)32(30,25-18-10-4-11-19-25)26-20-12-5-13-21-26/h2-22,27H,1H3/t22-,27-/m0/s1. The number of hydrogen-bond donors (Lipinski definition) is 0. The van der Waals surface area contributed by atoms with Crippen LogP contribution in [0.1, 0.15) is 24.2 Å². The van der Waals surface area contributed by atoms with Crippen molar-refractivity contribution >= 4 is 23.5 Å². The maximum atomic E-state index is 15.3. The molecule has 0 bridgehead atoms. The Morgan fingerprint density at radius 1 is 0.625 bits per heavy atom. The zero-order chi connectivity index (χ0) is 22.0. The van der Waals surface area contributed by atoms with Gasteiger partial charge in [0.25, 0.3) is 0 Å². The first-order chi connectivity index (χ1) is 15.7. The van der Waals surface area contributed by atoms with Gasteiger partial charge < -0.3 is 9.30 Å². The summed E-state index contributed by atoms with van der Waals surface area (Å²) in [7, 11) is -3.15. The van der Waals surface area contributed by atoms with E-state index in [1.807, 2.05) is 109 Å². The summed E-state index contributed by atoms with van der Waals surface area (Å²) in [4.78, 5) is 0. The lowest BCUT2D eigenvalue weighted by Gasteiger charge is -2.25. The first-order valence-electron chi connectivity index (χ1n) is 10.9. The minimum Gasteiger partial charge on any atom is -0.484 e. The first-order valence-corrected chi connectivity index (χ1v) is 12.6. The van der Waals surface area contributed by atoms with Crippen molar-refractivity contribution in [2.24, 2.45) is 5.92 Å². The summed E-state index contributed by atoms with van der Waals surface area (Å²) in [5.74, 6) is 0.682. The van der Waals surface area contributed by atoms with Crippen molar-refractivity contribution in [1.82, 2.24) is 0 Å². The van der Waals surface area contributed by atoms with E-state index in [-0.39, 0.29) is 12.0 Å². The van der Waals surface area contributed by atoms with Crippen molar-refractivity contribution < 1.29 is 9.30 Å².